The molecule has 0 amide bonds. The minimum atomic E-state index is 0.511. The lowest BCUT2D eigenvalue weighted by molar-refractivity contribution is 0.412. The summed E-state index contributed by atoms with van der Waals surface area (Å²) < 4.78 is 6.94. The number of methoxy groups -OCH3 is 1. The second-order valence-corrected chi connectivity index (χ2v) is 5.35. The van der Waals surface area contributed by atoms with E-state index in [4.69, 9.17) is 22.1 Å². The molecule has 0 atom stereocenters. The van der Waals surface area contributed by atoms with Crippen LogP contribution in [0.4, 0.5) is 5.69 Å². The number of anilines is 1. The molecule has 0 bridgehead atoms. The molecule has 2 aromatic carbocycles. The standard InChI is InChI=1S/C16H15ClN4O/c1-10-7-11(3-6-16(10)22-2)15-9-21(20-19-15)12-4-5-13(17)14(18)8-12/h3-9H,18H2,1-2H3. The number of benzene rings is 2. The van der Waals surface area contributed by atoms with Crippen molar-refractivity contribution in [2.45, 2.75) is 6.92 Å². The number of aromatic nitrogens is 3. The average Bonchev–Trinajstić information content (AvgIpc) is 3.00. The molecule has 3 aromatic rings. The maximum Gasteiger partial charge on any atom is 0.121 e. The normalized spacial score (nSPS) is 10.7. The first-order chi connectivity index (χ1) is 10.6. The van der Waals surface area contributed by atoms with E-state index in [-0.39, 0.29) is 0 Å². The fourth-order valence-electron chi connectivity index (χ4n) is 2.23. The van der Waals surface area contributed by atoms with E-state index in [1.807, 2.05) is 37.4 Å². The molecule has 0 aliphatic rings. The highest BCUT2D eigenvalue weighted by Gasteiger charge is 2.08. The van der Waals surface area contributed by atoms with E-state index in [1.54, 1.807) is 23.9 Å². The molecule has 22 heavy (non-hydrogen) atoms. The van der Waals surface area contributed by atoms with Crippen molar-refractivity contribution in [1.82, 2.24) is 15.0 Å². The Balaban J connectivity index is 1.96. The largest absolute Gasteiger partial charge is 0.496 e. The Kier molecular flexibility index (Phi) is 3.73. The van der Waals surface area contributed by atoms with Gasteiger partial charge < -0.3 is 10.5 Å². The molecule has 0 saturated heterocycles. The zero-order valence-electron chi connectivity index (χ0n) is 12.2. The van der Waals surface area contributed by atoms with Gasteiger partial charge in [-0.3, -0.25) is 0 Å². The monoisotopic (exact) mass is 314 g/mol. The van der Waals surface area contributed by atoms with Crippen molar-refractivity contribution in [3.05, 3.63) is 53.2 Å². The fourth-order valence-corrected chi connectivity index (χ4v) is 2.35. The topological polar surface area (TPSA) is 66.0 Å². The van der Waals surface area contributed by atoms with Crippen LogP contribution in [0.3, 0.4) is 0 Å². The van der Waals surface area contributed by atoms with E-state index in [1.165, 1.54) is 0 Å². The maximum atomic E-state index is 5.93. The summed E-state index contributed by atoms with van der Waals surface area (Å²) in [7, 11) is 1.66. The fraction of sp³-hybridized carbons (Fsp3) is 0.125. The van der Waals surface area contributed by atoms with Crippen molar-refractivity contribution in [2.75, 3.05) is 12.8 Å². The lowest BCUT2D eigenvalue weighted by Crippen LogP contribution is -1.96. The quantitative estimate of drug-likeness (QED) is 0.752. The summed E-state index contributed by atoms with van der Waals surface area (Å²) in [6, 6.07) is 11.2. The highest BCUT2D eigenvalue weighted by molar-refractivity contribution is 6.33. The summed E-state index contributed by atoms with van der Waals surface area (Å²) in [5, 5.41) is 8.88. The molecule has 0 spiro atoms. The maximum absolute atomic E-state index is 5.93. The molecule has 0 aliphatic heterocycles. The molecule has 0 unspecified atom stereocenters. The van der Waals surface area contributed by atoms with Gasteiger partial charge in [-0.1, -0.05) is 16.8 Å². The molecule has 3 rings (SSSR count). The summed E-state index contributed by atoms with van der Waals surface area (Å²) >= 11 is 5.93. The first-order valence-corrected chi connectivity index (χ1v) is 7.09. The van der Waals surface area contributed by atoms with Gasteiger partial charge in [0.15, 0.2) is 0 Å². The third kappa shape index (κ3) is 2.63. The molecule has 0 aliphatic carbocycles. The smallest absolute Gasteiger partial charge is 0.121 e. The number of rotatable bonds is 3. The number of nitrogens with two attached hydrogens (primary N) is 1. The van der Waals surface area contributed by atoms with E-state index < -0.39 is 0 Å². The summed E-state index contributed by atoms with van der Waals surface area (Å²) in [6.45, 7) is 1.99. The van der Waals surface area contributed by atoms with E-state index in [0.29, 0.717) is 10.7 Å². The van der Waals surface area contributed by atoms with E-state index in [9.17, 15) is 0 Å². The van der Waals surface area contributed by atoms with Crippen LogP contribution in [-0.2, 0) is 0 Å². The van der Waals surface area contributed by atoms with Gasteiger partial charge in [0, 0.05) is 5.56 Å². The molecule has 1 aromatic heterocycles. The third-order valence-corrected chi connectivity index (χ3v) is 3.77. The second kappa shape index (κ2) is 5.69. The molecule has 1 heterocycles. The van der Waals surface area contributed by atoms with Gasteiger partial charge in [0.1, 0.15) is 11.4 Å². The Labute approximate surface area is 133 Å². The Hall–Kier alpha value is -2.53. The van der Waals surface area contributed by atoms with Gasteiger partial charge in [-0.25, -0.2) is 4.68 Å². The van der Waals surface area contributed by atoms with Crippen molar-refractivity contribution < 1.29 is 4.74 Å². The number of hydrogen-bond acceptors (Lipinski definition) is 4. The zero-order valence-corrected chi connectivity index (χ0v) is 13.0. The van der Waals surface area contributed by atoms with Gasteiger partial charge >= 0.3 is 0 Å². The van der Waals surface area contributed by atoms with Gasteiger partial charge in [-0.2, -0.15) is 0 Å². The number of ether oxygens (including phenoxy) is 1. The van der Waals surface area contributed by atoms with Gasteiger partial charge in [-0.05, 0) is 48.9 Å². The van der Waals surface area contributed by atoms with Gasteiger partial charge in [0.25, 0.3) is 0 Å². The lowest BCUT2D eigenvalue weighted by Gasteiger charge is -2.05. The molecular formula is C16H15ClN4O. The molecule has 0 saturated carbocycles. The van der Waals surface area contributed by atoms with Crippen LogP contribution in [0.25, 0.3) is 16.9 Å². The highest BCUT2D eigenvalue weighted by Crippen LogP contribution is 2.26. The average molecular weight is 315 g/mol. The van der Waals surface area contributed by atoms with Crippen molar-refractivity contribution >= 4 is 17.3 Å². The number of halogens is 1. The molecule has 112 valence electrons. The predicted molar refractivity (Wildman–Crippen MR) is 87.5 cm³/mol. The lowest BCUT2D eigenvalue weighted by atomic mass is 10.1. The van der Waals surface area contributed by atoms with E-state index >= 15 is 0 Å². The summed E-state index contributed by atoms with van der Waals surface area (Å²) in [5.74, 6) is 0.849. The van der Waals surface area contributed by atoms with Crippen LogP contribution in [0.2, 0.25) is 5.02 Å². The zero-order chi connectivity index (χ0) is 15.7. The highest BCUT2D eigenvalue weighted by atomic mass is 35.5. The van der Waals surface area contributed by atoms with Crippen LogP contribution in [0.15, 0.2) is 42.6 Å². The minimum Gasteiger partial charge on any atom is -0.496 e. The van der Waals surface area contributed by atoms with Crippen LogP contribution in [-0.4, -0.2) is 22.1 Å². The van der Waals surface area contributed by atoms with Gasteiger partial charge in [-0.15, -0.1) is 5.10 Å². The van der Waals surface area contributed by atoms with Crippen LogP contribution in [0.1, 0.15) is 5.56 Å². The SMILES string of the molecule is COc1ccc(-c2cn(-c3ccc(Cl)c(N)c3)nn2)cc1C. The van der Waals surface area contributed by atoms with Crippen molar-refractivity contribution in [3.63, 3.8) is 0 Å². The van der Waals surface area contributed by atoms with E-state index in [0.717, 1.165) is 28.3 Å². The van der Waals surface area contributed by atoms with Crippen LogP contribution < -0.4 is 10.5 Å². The minimum absolute atomic E-state index is 0.511. The van der Waals surface area contributed by atoms with Gasteiger partial charge in [0.05, 0.1) is 29.7 Å². The molecule has 6 heteroatoms. The second-order valence-electron chi connectivity index (χ2n) is 4.94. The molecule has 0 radical (unpaired) electrons. The first kappa shape index (κ1) is 14.4. The number of nitrogens with zero attached hydrogens (tertiary/aromatic N) is 3. The number of hydrogen-bond donors (Lipinski definition) is 1. The Morgan fingerprint density at radius 1 is 1.18 bits per heavy atom. The van der Waals surface area contributed by atoms with Crippen molar-refractivity contribution in [1.29, 1.82) is 0 Å². The Morgan fingerprint density at radius 3 is 2.68 bits per heavy atom. The molecule has 5 nitrogen and oxygen atoms in total. The van der Waals surface area contributed by atoms with Crippen LogP contribution in [0, 0.1) is 6.92 Å². The number of nitrogen functional groups attached to an aromatic ring is 1. The molecule has 2 N–H and O–H groups in total. The Bertz CT molecular complexity index is 829. The van der Waals surface area contributed by atoms with Gasteiger partial charge in [0.2, 0.25) is 0 Å². The number of aryl methyl sites for hydroxylation is 1. The summed E-state index contributed by atoms with van der Waals surface area (Å²) in [5.41, 5.74) is 9.94. The van der Waals surface area contributed by atoms with E-state index in [2.05, 4.69) is 10.3 Å². The van der Waals surface area contributed by atoms with Crippen molar-refractivity contribution in [3.8, 4) is 22.7 Å². The van der Waals surface area contributed by atoms with Crippen LogP contribution >= 0.6 is 11.6 Å². The molecule has 0 fully saturated rings. The molecular weight excluding hydrogens is 300 g/mol. The third-order valence-electron chi connectivity index (χ3n) is 3.43. The van der Waals surface area contributed by atoms with Crippen LogP contribution in [0.5, 0.6) is 5.75 Å². The summed E-state index contributed by atoms with van der Waals surface area (Å²) in [6.07, 6.45) is 1.85. The Morgan fingerprint density at radius 2 is 2.00 bits per heavy atom. The predicted octanol–water partition coefficient (Wildman–Crippen LogP) is 3.49. The van der Waals surface area contributed by atoms with Crippen molar-refractivity contribution in [2.24, 2.45) is 0 Å². The first-order valence-electron chi connectivity index (χ1n) is 6.71. The summed E-state index contributed by atoms with van der Waals surface area (Å²) in [4.78, 5) is 0.